The lowest BCUT2D eigenvalue weighted by Crippen LogP contribution is -2.42. The molecule has 2 rings (SSSR count). The third-order valence-corrected chi connectivity index (χ3v) is 2.53. The van der Waals surface area contributed by atoms with Crippen molar-refractivity contribution in [3.8, 4) is 0 Å². The summed E-state index contributed by atoms with van der Waals surface area (Å²) in [6.45, 7) is 0.400. The van der Waals surface area contributed by atoms with Crippen molar-refractivity contribution >= 4 is 11.9 Å². The first-order chi connectivity index (χ1) is 8.74. The molecular weight excluding hydrogens is 232 g/mol. The first-order valence-corrected chi connectivity index (χ1v) is 5.94. The zero-order chi connectivity index (χ0) is 12.8. The van der Waals surface area contributed by atoms with Gasteiger partial charge in [0, 0.05) is 25.0 Å². The van der Waals surface area contributed by atoms with Crippen molar-refractivity contribution in [1.82, 2.24) is 20.9 Å². The summed E-state index contributed by atoms with van der Waals surface area (Å²) in [7, 11) is 0. The van der Waals surface area contributed by atoms with E-state index in [2.05, 4.69) is 20.9 Å². The predicted molar refractivity (Wildman–Crippen MR) is 65.6 cm³/mol. The minimum atomic E-state index is -0.283. The highest BCUT2D eigenvalue weighted by Crippen LogP contribution is 2.18. The van der Waals surface area contributed by atoms with Gasteiger partial charge in [0.1, 0.15) is 0 Å². The third kappa shape index (κ3) is 4.40. The van der Waals surface area contributed by atoms with Crippen LogP contribution in [0.25, 0.3) is 0 Å². The molecular formula is C12H16N4O2. The Morgan fingerprint density at radius 2 is 2.17 bits per heavy atom. The van der Waals surface area contributed by atoms with Crippen LogP contribution in [0.15, 0.2) is 24.5 Å². The van der Waals surface area contributed by atoms with Gasteiger partial charge in [0.25, 0.3) is 0 Å². The lowest BCUT2D eigenvalue weighted by molar-refractivity contribution is -0.120. The number of urea groups is 1. The molecule has 0 unspecified atom stereocenters. The number of rotatable bonds is 5. The van der Waals surface area contributed by atoms with Gasteiger partial charge in [-0.25, -0.2) is 4.79 Å². The van der Waals surface area contributed by atoms with Crippen LogP contribution in [0.5, 0.6) is 0 Å². The maximum Gasteiger partial charge on any atom is 0.315 e. The van der Waals surface area contributed by atoms with Crippen LogP contribution in [-0.2, 0) is 11.3 Å². The van der Waals surface area contributed by atoms with E-state index in [9.17, 15) is 9.59 Å². The number of nitrogens with zero attached hydrogens (tertiary/aromatic N) is 1. The van der Waals surface area contributed by atoms with Crippen LogP contribution in [-0.4, -0.2) is 29.5 Å². The fraction of sp³-hybridized carbons (Fsp3) is 0.417. The fourth-order valence-corrected chi connectivity index (χ4v) is 1.39. The zero-order valence-electron chi connectivity index (χ0n) is 9.98. The fourth-order valence-electron chi connectivity index (χ4n) is 1.39. The zero-order valence-corrected chi connectivity index (χ0v) is 9.98. The van der Waals surface area contributed by atoms with Crippen LogP contribution >= 0.6 is 0 Å². The first-order valence-electron chi connectivity index (χ1n) is 5.94. The summed E-state index contributed by atoms with van der Waals surface area (Å²) in [6.07, 6.45) is 5.42. The number of hydrogen-bond acceptors (Lipinski definition) is 3. The molecule has 1 aliphatic carbocycles. The second kappa shape index (κ2) is 6.00. The Morgan fingerprint density at radius 1 is 1.33 bits per heavy atom. The highest BCUT2D eigenvalue weighted by atomic mass is 16.2. The summed E-state index contributed by atoms with van der Waals surface area (Å²) < 4.78 is 0. The molecule has 3 N–H and O–H groups in total. The van der Waals surface area contributed by atoms with E-state index in [1.54, 1.807) is 12.4 Å². The van der Waals surface area contributed by atoms with Gasteiger partial charge >= 0.3 is 6.03 Å². The Bertz CT molecular complexity index is 417. The number of amides is 3. The lowest BCUT2D eigenvalue weighted by Gasteiger charge is -2.07. The molecule has 1 heterocycles. The van der Waals surface area contributed by atoms with E-state index in [1.807, 2.05) is 12.1 Å². The highest BCUT2D eigenvalue weighted by Gasteiger charge is 2.23. The molecule has 1 saturated carbocycles. The Kier molecular flexibility index (Phi) is 4.11. The minimum Gasteiger partial charge on any atom is -0.350 e. The standard InChI is InChI=1S/C12H16N4O2/c17-11(8-15-12(18)16-10-3-4-10)14-7-9-2-1-5-13-6-9/h1-2,5-6,10H,3-4,7-8H2,(H,14,17)(H2,15,16,18). The number of carbonyl (C=O) groups excluding carboxylic acids is 2. The summed E-state index contributed by atoms with van der Waals surface area (Å²) in [5.41, 5.74) is 0.924. The molecule has 3 amide bonds. The van der Waals surface area contributed by atoms with Gasteiger partial charge in [0.2, 0.25) is 5.91 Å². The molecule has 18 heavy (non-hydrogen) atoms. The molecule has 0 radical (unpaired) electrons. The van der Waals surface area contributed by atoms with Gasteiger partial charge < -0.3 is 16.0 Å². The van der Waals surface area contributed by atoms with E-state index in [0.29, 0.717) is 12.6 Å². The van der Waals surface area contributed by atoms with Crippen LogP contribution in [0, 0.1) is 0 Å². The van der Waals surface area contributed by atoms with Crippen molar-refractivity contribution < 1.29 is 9.59 Å². The number of nitrogens with one attached hydrogen (secondary N) is 3. The van der Waals surface area contributed by atoms with Crippen molar-refractivity contribution in [2.75, 3.05) is 6.54 Å². The summed E-state index contributed by atoms with van der Waals surface area (Å²) in [6, 6.07) is 3.70. The van der Waals surface area contributed by atoms with E-state index < -0.39 is 0 Å². The van der Waals surface area contributed by atoms with Crippen molar-refractivity contribution in [2.24, 2.45) is 0 Å². The third-order valence-electron chi connectivity index (χ3n) is 2.53. The number of aromatic nitrogens is 1. The van der Waals surface area contributed by atoms with Crippen LogP contribution in [0.2, 0.25) is 0 Å². The maximum atomic E-state index is 11.4. The first kappa shape index (κ1) is 12.3. The number of pyridine rings is 1. The molecule has 1 aromatic rings. The Labute approximate surface area is 105 Å². The average molecular weight is 248 g/mol. The average Bonchev–Trinajstić information content (AvgIpc) is 3.19. The van der Waals surface area contributed by atoms with Crippen LogP contribution in [0.1, 0.15) is 18.4 Å². The molecule has 1 aromatic heterocycles. The molecule has 0 aromatic carbocycles. The summed E-state index contributed by atoms with van der Waals surface area (Å²) in [4.78, 5) is 26.7. The van der Waals surface area contributed by atoms with Gasteiger partial charge in [0.15, 0.2) is 0 Å². The van der Waals surface area contributed by atoms with E-state index in [4.69, 9.17) is 0 Å². The summed E-state index contributed by atoms with van der Waals surface area (Å²) >= 11 is 0. The van der Waals surface area contributed by atoms with E-state index in [0.717, 1.165) is 18.4 Å². The molecule has 1 aliphatic rings. The second-order valence-electron chi connectivity index (χ2n) is 4.24. The minimum absolute atomic E-state index is 0.0151. The highest BCUT2D eigenvalue weighted by molar-refractivity contribution is 5.84. The Balaban J connectivity index is 1.61. The molecule has 6 nitrogen and oxygen atoms in total. The van der Waals surface area contributed by atoms with Crippen LogP contribution in [0.3, 0.4) is 0 Å². The molecule has 6 heteroatoms. The van der Waals surface area contributed by atoms with E-state index in [-0.39, 0.29) is 18.5 Å². The molecule has 0 atom stereocenters. The summed E-state index contributed by atoms with van der Waals surface area (Å²) in [5, 5.41) is 7.96. The van der Waals surface area contributed by atoms with Gasteiger partial charge in [-0.1, -0.05) is 6.07 Å². The normalized spacial score (nSPS) is 13.8. The smallest absolute Gasteiger partial charge is 0.315 e. The monoisotopic (exact) mass is 248 g/mol. The maximum absolute atomic E-state index is 11.4. The van der Waals surface area contributed by atoms with Gasteiger partial charge in [-0.15, -0.1) is 0 Å². The van der Waals surface area contributed by atoms with Crippen molar-refractivity contribution in [3.05, 3.63) is 30.1 Å². The molecule has 0 spiro atoms. The Morgan fingerprint density at radius 3 is 2.83 bits per heavy atom. The van der Waals surface area contributed by atoms with Gasteiger partial charge in [-0.05, 0) is 24.5 Å². The number of carbonyl (C=O) groups is 2. The molecule has 96 valence electrons. The van der Waals surface area contributed by atoms with Crippen LogP contribution < -0.4 is 16.0 Å². The van der Waals surface area contributed by atoms with Crippen molar-refractivity contribution in [1.29, 1.82) is 0 Å². The molecule has 0 bridgehead atoms. The SMILES string of the molecule is O=C(CNC(=O)NC1CC1)NCc1cccnc1. The number of hydrogen-bond donors (Lipinski definition) is 3. The topological polar surface area (TPSA) is 83.1 Å². The van der Waals surface area contributed by atoms with E-state index in [1.165, 1.54) is 0 Å². The van der Waals surface area contributed by atoms with E-state index >= 15 is 0 Å². The lowest BCUT2D eigenvalue weighted by atomic mass is 10.3. The Hall–Kier alpha value is -2.11. The largest absolute Gasteiger partial charge is 0.350 e. The van der Waals surface area contributed by atoms with Gasteiger partial charge in [0.05, 0.1) is 6.54 Å². The molecule has 0 aliphatic heterocycles. The van der Waals surface area contributed by atoms with Gasteiger partial charge in [-0.3, -0.25) is 9.78 Å². The second-order valence-corrected chi connectivity index (χ2v) is 4.24. The summed E-state index contributed by atoms with van der Waals surface area (Å²) in [5.74, 6) is -0.218. The molecule has 1 fully saturated rings. The van der Waals surface area contributed by atoms with Crippen LogP contribution in [0.4, 0.5) is 4.79 Å². The van der Waals surface area contributed by atoms with Crippen molar-refractivity contribution in [2.45, 2.75) is 25.4 Å². The molecule has 0 saturated heterocycles. The van der Waals surface area contributed by atoms with Gasteiger partial charge in [-0.2, -0.15) is 0 Å². The predicted octanol–water partition coefficient (Wildman–Crippen LogP) is 0.159. The van der Waals surface area contributed by atoms with Crippen molar-refractivity contribution in [3.63, 3.8) is 0 Å². The quantitative estimate of drug-likeness (QED) is 0.694.